The Balaban J connectivity index is 1.45. The number of rotatable bonds is 4. The molecule has 1 aliphatic rings. The second kappa shape index (κ2) is 8.22. The second-order valence-electron chi connectivity index (χ2n) is 6.96. The summed E-state index contributed by atoms with van der Waals surface area (Å²) < 4.78 is 5.95. The van der Waals surface area contributed by atoms with Crippen molar-refractivity contribution in [3.05, 3.63) is 65.9 Å². The van der Waals surface area contributed by atoms with Gasteiger partial charge in [0, 0.05) is 37.6 Å². The van der Waals surface area contributed by atoms with Crippen molar-refractivity contribution in [2.45, 2.75) is 25.7 Å². The number of piperidine rings is 1. The van der Waals surface area contributed by atoms with Crippen LogP contribution in [0, 0.1) is 6.92 Å². The number of hydrogen-bond acceptors (Lipinski definition) is 7. The molecule has 2 N–H and O–H groups in total. The Labute approximate surface area is 168 Å². The molecule has 148 valence electrons. The zero-order valence-corrected chi connectivity index (χ0v) is 16.2. The van der Waals surface area contributed by atoms with Crippen LogP contribution in [0.2, 0.25) is 0 Å². The van der Waals surface area contributed by atoms with E-state index in [4.69, 9.17) is 10.5 Å². The van der Waals surface area contributed by atoms with Crippen LogP contribution in [0.15, 0.2) is 48.9 Å². The lowest BCUT2D eigenvalue weighted by Gasteiger charge is -2.32. The number of likely N-dealkylation sites (tertiary alicyclic amines) is 1. The van der Waals surface area contributed by atoms with Crippen molar-refractivity contribution in [1.82, 2.24) is 24.8 Å². The van der Waals surface area contributed by atoms with Gasteiger partial charge in [0.1, 0.15) is 11.4 Å². The summed E-state index contributed by atoms with van der Waals surface area (Å²) >= 11 is 0. The molecule has 1 amide bonds. The molecule has 0 aliphatic carbocycles. The van der Waals surface area contributed by atoms with Crippen LogP contribution in [0.3, 0.4) is 0 Å². The molecular formula is C21H22N6O2. The summed E-state index contributed by atoms with van der Waals surface area (Å²) in [5, 5.41) is 0. The quantitative estimate of drug-likeness (QED) is 0.730. The molecule has 0 spiro atoms. The molecule has 3 aromatic rings. The standard InChI is InChI=1S/C21H22N6O2/c1-14-17(13-25-21(22)26-14)20(28)27-11-7-15(8-12-27)18-19(24-10-9-23-18)29-16-5-3-2-4-6-16/h2-6,9-10,13,15H,7-8,11-12H2,1H3,(H2,22,25,26). The van der Waals surface area contributed by atoms with Crippen LogP contribution in [-0.2, 0) is 0 Å². The summed E-state index contributed by atoms with van der Waals surface area (Å²) in [7, 11) is 0. The molecule has 3 heterocycles. The Morgan fingerprint density at radius 2 is 1.83 bits per heavy atom. The fourth-order valence-corrected chi connectivity index (χ4v) is 3.52. The van der Waals surface area contributed by atoms with Crippen molar-refractivity contribution in [2.75, 3.05) is 18.8 Å². The van der Waals surface area contributed by atoms with Gasteiger partial charge in [-0.1, -0.05) is 18.2 Å². The maximum Gasteiger partial charge on any atom is 0.257 e. The Bertz CT molecular complexity index is 1000. The zero-order valence-electron chi connectivity index (χ0n) is 16.2. The molecule has 0 atom stereocenters. The maximum absolute atomic E-state index is 12.8. The van der Waals surface area contributed by atoms with Gasteiger partial charge in [-0.3, -0.25) is 9.78 Å². The number of para-hydroxylation sites is 1. The van der Waals surface area contributed by atoms with Gasteiger partial charge in [-0.2, -0.15) is 0 Å². The third-order valence-corrected chi connectivity index (χ3v) is 5.05. The number of nitrogen functional groups attached to an aromatic ring is 1. The van der Waals surface area contributed by atoms with Gasteiger partial charge in [0.05, 0.1) is 11.3 Å². The minimum Gasteiger partial charge on any atom is -0.437 e. The Hall–Kier alpha value is -3.55. The topological polar surface area (TPSA) is 107 Å². The molecule has 1 aromatic carbocycles. The lowest BCUT2D eigenvalue weighted by molar-refractivity contribution is 0.0710. The molecule has 2 aromatic heterocycles. The number of benzene rings is 1. The largest absolute Gasteiger partial charge is 0.437 e. The predicted octanol–water partition coefficient (Wildman–Crippen LogP) is 2.97. The highest BCUT2D eigenvalue weighted by Crippen LogP contribution is 2.33. The number of anilines is 1. The van der Waals surface area contributed by atoms with E-state index >= 15 is 0 Å². The average molecular weight is 390 g/mol. The number of ether oxygens (including phenoxy) is 1. The summed E-state index contributed by atoms with van der Waals surface area (Å²) in [5.74, 6) is 1.52. The molecule has 4 rings (SSSR count). The number of aryl methyl sites for hydroxylation is 1. The van der Waals surface area contributed by atoms with Crippen LogP contribution in [0.4, 0.5) is 5.95 Å². The van der Waals surface area contributed by atoms with Crippen molar-refractivity contribution in [2.24, 2.45) is 0 Å². The molecule has 1 saturated heterocycles. The van der Waals surface area contributed by atoms with Crippen LogP contribution in [-0.4, -0.2) is 43.8 Å². The summed E-state index contributed by atoms with van der Waals surface area (Å²) in [6, 6.07) is 9.54. The van der Waals surface area contributed by atoms with Gasteiger partial charge >= 0.3 is 0 Å². The van der Waals surface area contributed by atoms with Crippen LogP contribution < -0.4 is 10.5 Å². The number of hydrogen-bond donors (Lipinski definition) is 1. The molecule has 29 heavy (non-hydrogen) atoms. The number of nitrogens with two attached hydrogens (primary N) is 1. The molecule has 0 unspecified atom stereocenters. The highest BCUT2D eigenvalue weighted by Gasteiger charge is 2.28. The van der Waals surface area contributed by atoms with Crippen LogP contribution in [0.5, 0.6) is 11.6 Å². The first-order chi connectivity index (χ1) is 14.1. The fraction of sp³-hybridized carbons (Fsp3) is 0.286. The van der Waals surface area contributed by atoms with Crippen molar-refractivity contribution in [3.63, 3.8) is 0 Å². The van der Waals surface area contributed by atoms with Gasteiger partial charge in [0.25, 0.3) is 5.91 Å². The van der Waals surface area contributed by atoms with Gasteiger partial charge in [0.2, 0.25) is 11.8 Å². The van der Waals surface area contributed by atoms with Crippen molar-refractivity contribution >= 4 is 11.9 Å². The summed E-state index contributed by atoms with van der Waals surface area (Å²) in [6.45, 7) is 3.01. The van der Waals surface area contributed by atoms with E-state index in [0.717, 1.165) is 24.3 Å². The first-order valence-corrected chi connectivity index (χ1v) is 9.54. The van der Waals surface area contributed by atoms with Gasteiger partial charge < -0.3 is 15.4 Å². The molecule has 0 radical (unpaired) electrons. The van der Waals surface area contributed by atoms with Crippen molar-refractivity contribution in [1.29, 1.82) is 0 Å². The number of nitrogens with zero attached hydrogens (tertiary/aromatic N) is 5. The predicted molar refractivity (Wildman–Crippen MR) is 108 cm³/mol. The number of aromatic nitrogens is 4. The van der Waals surface area contributed by atoms with Gasteiger partial charge in [-0.15, -0.1) is 0 Å². The minimum absolute atomic E-state index is 0.0687. The Kier molecular flexibility index (Phi) is 5.33. The molecule has 8 nitrogen and oxygen atoms in total. The van der Waals surface area contributed by atoms with Crippen LogP contribution in [0.25, 0.3) is 0 Å². The van der Waals surface area contributed by atoms with E-state index in [-0.39, 0.29) is 17.8 Å². The smallest absolute Gasteiger partial charge is 0.257 e. The molecular weight excluding hydrogens is 368 g/mol. The third-order valence-electron chi connectivity index (χ3n) is 5.05. The second-order valence-corrected chi connectivity index (χ2v) is 6.96. The molecule has 1 aliphatic heterocycles. The average Bonchev–Trinajstić information content (AvgIpc) is 2.75. The van der Waals surface area contributed by atoms with E-state index < -0.39 is 0 Å². The highest BCUT2D eigenvalue weighted by molar-refractivity contribution is 5.95. The van der Waals surface area contributed by atoms with E-state index in [9.17, 15) is 4.79 Å². The lowest BCUT2D eigenvalue weighted by atomic mass is 9.93. The van der Waals surface area contributed by atoms with E-state index in [1.54, 1.807) is 19.3 Å². The fourth-order valence-electron chi connectivity index (χ4n) is 3.52. The number of carbonyl (C=O) groups excluding carboxylic acids is 1. The number of carbonyl (C=O) groups is 1. The molecule has 0 saturated carbocycles. The maximum atomic E-state index is 12.8. The minimum atomic E-state index is -0.0687. The van der Waals surface area contributed by atoms with Crippen molar-refractivity contribution in [3.8, 4) is 11.6 Å². The van der Waals surface area contributed by atoms with Crippen LogP contribution in [0.1, 0.15) is 40.5 Å². The van der Waals surface area contributed by atoms with Gasteiger partial charge in [-0.05, 0) is 31.9 Å². The SMILES string of the molecule is Cc1nc(N)ncc1C(=O)N1CCC(c2nccnc2Oc2ccccc2)CC1. The van der Waals surface area contributed by atoms with E-state index in [0.29, 0.717) is 30.2 Å². The lowest BCUT2D eigenvalue weighted by Crippen LogP contribution is -2.38. The Morgan fingerprint density at radius 3 is 2.55 bits per heavy atom. The first-order valence-electron chi connectivity index (χ1n) is 9.54. The van der Waals surface area contributed by atoms with E-state index in [1.165, 1.54) is 6.20 Å². The van der Waals surface area contributed by atoms with Crippen molar-refractivity contribution < 1.29 is 9.53 Å². The summed E-state index contributed by atoms with van der Waals surface area (Å²) in [6.07, 6.45) is 6.37. The third kappa shape index (κ3) is 4.16. The normalized spacial score (nSPS) is 14.6. The zero-order chi connectivity index (χ0) is 20.2. The van der Waals surface area contributed by atoms with Crippen LogP contribution >= 0.6 is 0 Å². The monoisotopic (exact) mass is 390 g/mol. The number of amides is 1. The van der Waals surface area contributed by atoms with E-state index in [1.807, 2.05) is 35.2 Å². The summed E-state index contributed by atoms with van der Waals surface area (Å²) in [5.41, 5.74) is 7.50. The molecule has 8 heteroatoms. The molecule has 0 bridgehead atoms. The first kappa shape index (κ1) is 18.8. The molecule has 1 fully saturated rings. The van der Waals surface area contributed by atoms with Gasteiger partial charge in [-0.25, -0.2) is 15.0 Å². The van der Waals surface area contributed by atoms with Gasteiger partial charge in [0.15, 0.2) is 0 Å². The van der Waals surface area contributed by atoms with E-state index in [2.05, 4.69) is 19.9 Å². The Morgan fingerprint density at radius 1 is 1.10 bits per heavy atom. The highest BCUT2D eigenvalue weighted by atomic mass is 16.5. The summed E-state index contributed by atoms with van der Waals surface area (Å²) in [4.78, 5) is 31.6.